The number of aryl methyl sites for hydroxylation is 1. The highest BCUT2D eigenvalue weighted by Gasteiger charge is 2.19. The number of benzene rings is 1. The first-order chi connectivity index (χ1) is 16.3. The fraction of sp³-hybridized carbons (Fsp3) is 0.304. The van der Waals surface area contributed by atoms with Crippen molar-refractivity contribution in [2.24, 2.45) is 5.11 Å². The molecule has 0 saturated heterocycles. The molecule has 2 aromatic heterocycles. The van der Waals surface area contributed by atoms with Gasteiger partial charge in [0.05, 0.1) is 5.56 Å². The van der Waals surface area contributed by atoms with E-state index < -0.39 is 15.7 Å². The van der Waals surface area contributed by atoms with Crippen LogP contribution in [0, 0.1) is 0 Å². The zero-order valence-electron chi connectivity index (χ0n) is 19.0. The number of fused-ring (bicyclic) bond motifs is 1. The van der Waals surface area contributed by atoms with E-state index in [0.29, 0.717) is 18.5 Å². The number of azide groups is 1. The summed E-state index contributed by atoms with van der Waals surface area (Å²) in [7, 11) is -4.52. The molecule has 0 saturated carbocycles. The highest BCUT2D eigenvalue weighted by Crippen LogP contribution is 2.23. The maximum atomic E-state index is 12.5. The molecule has 11 heteroatoms. The Morgan fingerprint density at radius 1 is 1.18 bits per heavy atom. The summed E-state index contributed by atoms with van der Waals surface area (Å²) < 4.78 is 40.6. The summed E-state index contributed by atoms with van der Waals surface area (Å²) in [6.07, 6.45) is 6.34. The van der Waals surface area contributed by atoms with Crippen molar-refractivity contribution in [3.05, 3.63) is 74.7 Å². The number of hydrogen-bond acceptors (Lipinski definition) is 6. The van der Waals surface area contributed by atoms with Gasteiger partial charge in [-0.2, -0.15) is 8.42 Å². The van der Waals surface area contributed by atoms with E-state index >= 15 is 0 Å². The van der Waals surface area contributed by atoms with E-state index in [9.17, 15) is 17.8 Å². The molecule has 0 amide bonds. The quantitative estimate of drug-likeness (QED) is 0.0875. The lowest BCUT2D eigenvalue weighted by atomic mass is 10.1. The number of rotatable bonds is 10. The van der Waals surface area contributed by atoms with E-state index in [0.717, 1.165) is 24.2 Å². The van der Waals surface area contributed by atoms with Crippen LogP contribution in [0.3, 0.4) is 0 Å². The van der Waals surface area contributed by atoms with E-state index in [-0.39, 0.29) is 22.6 Å². The van der Waals surface area contributed by atoms with Gasteiger partial charge in [0, 0.05) is 59.7 Å². The van der Waals surface area contributed by atoms with Crippen LogP contribution in [0.4, 0.5) is 5.69 Å². The van der Waals surface area contributed by atoms with E-state index in [2.05, 4.69) is 14.9 Å². The smallest absolute Gasteiger partial charge is 0.343 e. The molecule has 0 aliphatic heterocycles. The summed E-state index contributed by atoms with van der Waals surface area (Å²) >= 11 is 0. The summed E-state index contributed by atoms with van der Waals surface area (Å²) in [6, 6.07) is 8.85. The second kappa shape index (κ2) is 11.0. The van der Waals surface area contributed by atoms with Crippen molar-refractivity contribution in [2.75, 3.05) is 24.5 Å². The number of anilines is 1. The second-order valence-corrected chi connectivity index (χ2v) is 8.89. The Morgan fingerprint density at radius 2 is 1.91 bits per heavy atom. The third kappa shape index (κ3) is 6.02. The highest BCUT2D eigenvalue weighted by atomic mass is 32.2. The van der Waals surface area contributed by atoms with E-state index in [1.54, 1.807) is 16.8 Å². The number of pyridine rings is 1. The van der Waals surface area contributed by atoms with Gasteiger partial charge in [-0.05, 0) is 43.7 Å². The SMILES string of the molecule is CCN(CC)c1ccc2cc(/C=C/c3cc[n+](CCCN=[N+]=[N-])cc3S(=O)(=O)O)c(=O)oc2c1. The molecule has 1 N–H and O–H groups in total. The average Bonchev–Trinajstić information content (AvgIpc) is 2.81. The van der Waals surface area contributed by atoms with Crippen LogP contribution in [0.15, 0.2) is 61.9 Å². The molecule has 2 heterocycles. The van der Waals surface area contributed by atoms with Gasteiger partial charge in [0.2, 0.25) is 0 Å². The summed E-state index contributed by atoms with van der Waals surface area (Å²) in [5.41, 5.74) is 9.66. The van der Waals surface area contributed by atoms with Gasteiger partial charge in [0.1, 0.15) is 12.1 Å². The summed E-state index contributed by atoms with van der Waals surface area (Å²) in [6.45, 7) is 6.41. The van der Waals surface area contributed by atoms with E-state index in [4.69, 9.17) is 9.95 Å². The molecular formula is C23H26N5O5S+. The minimum atomic E-state index is -4.52. The van der Waals surface area contributed by atoms with Crippen molar-refractivity contribution in [3.63, 3.8) is 0 Å². The average molecular weight is 485 g/mol. The lowest BCUT2D eigenvalue weighted by Gasteiger charge is -2.20. The largest absolute Gasteiger partial charge is 0.422 e. The normalized spacial score (nSPS) is 11.6. The molecule has 0 spiro atoms. The molecule has 0 fully saturated rings. The third-order valence-electron chi connectivity index (χ3n) is 5.35. The first-order valence-corrected chi connectivity index (χ1v) is 12.2. The van der Waals surface area contributed by atoms with Gasteiger partial charge in [-0.25, -0.2) is 9.36 Å². The molecular weight excluding hydrogens is 458 g/mol. The van der Waals surface area contributed by atoms with Gasteiger partial charge in [0.15, 0.2) is 17.3 Å². The van der Waals surface area contributed by atoms with Crippen LogP contribution in [0.5, 0.6) is 0 Å². The third-order valence-corrected chi connectivity index (χ3v) is 6.24. The molecule has 10 nitrogen and oxygen atoms in total. The van der Waals surface area contributed by atoms with E-state index in [1.165, 1.54) is 24.4 Å². The Kier molecular flexibility index (Phi) is 8.06. The zero-order valence-corrected chi connectivity index (χ0v) is 19.8. The van der Waals surface area contributed by atoms with Gasteiger partial charge in [-0.3, -0.25) is 4.55 Å². The topological polar surface area (TPSA) is 140 Å². The number of nitrogens with zero attached hydrogens (tertiary/aromatic N) is 5. The van der Waals surface area contributed by atoms with Gasteiger partial charge in [0.25, 0.3) is 0 Å². The van der Waals surface area contributed by atoms with Crippen LogP contribution in [-0.2, 0) is 16.7 Å². The lowest BCUT2D eigenvalue weighted by Crippen LogP contribution is -2.34. The van der Waals surface area contributed by atoms with Gasteiger partial charge in [-0.1, -0.05) is 11.2 Å². The molecule has 0 radical (unpaired) electrons. The molecule has 178 valence electrons. The van der Waals surface area contributed by atoms with Crippen molar-refractivity contribution >= 4 is 38.9 Å². The highest BCUT2D eigenvalue weighted by molar-refractivity contribution is 7.85. The van der Waals surface area contributed by atoms with Gasteiger partial charge in [-0.15, -0.1) is 0 Å². The van der Waals surface area contributed by atoms with Crippen molar-refractivity contribution in [3.8, 4) is 0 Å². The summed E-state index contributed by atoms with van der Waals surface area (Å²) in [5.74, 6) is 0. The molecule has 3 aromatic rings. The molecule has 34 heavy (non-hydrogen) atoms. The minimum absolute atomic E-state index is 0.213. The van der Waals surface area contributed by atoms with Crippen LogP contribution in [0.2, 0.25) is 0 Å². The molecule has 3 rings (SSSR count). The first-order valence-electron chi connectivity index (χ1n) is 10.8. The lowest BCUT2D eigenvalue weighted by molar-refractivity contribution is -0.698. The standard InChI is InChI=1S/C23H25N5O5S/c1-3-28(4-2)20-9-8-18-14-19(23(29)33-21(18)15-20)7-6-17-10-13-27(12-5-11-25-26-24)16-22(17)34(30,31)32/h6-10,13-16H,3-5,11-12H2,1-2H3/p+1. The maximum absolute atomic E-state index is 12.5. The van der Waals surface area contributed by atoms with Crippen LogP contribution >= 0.6 is 0 Å². The molecule has 0 aliphatic rings. The fourth-order valence-electron chi connectivity index (χ4n) is 3.58. The Balaban J connectivity index is 1.93. The predicted molar refractivity (Wildman–Crippen MR) is 130 cm³/mol. The van der Waals surface area contributed by atoms with Crippen LogP contribution < -0.4 is 15.1 Å². The summed E-state index contributed by atoms with van der Waals surface area (Å²) in [5, 5.41) is 4.17. The van der Waals surface area contributed by atoms with Crippen LogP contribution in [0.1, 0.15) is 31.4 Å². The Morgan fingerprint density at radius 3 is 2.59 bits per heavy atom. The van der Waals surface area contributed by atoms with Crippen LogP contribution in [-0.4, -0.2) is 32.6 Å². The van der Waals surface area contributed by atoms with Gasteiger partial charge < -0.3 is 9.32 Å². The Bertz CT molecular complexity index is 1420. The molecule has 0 bridgehead atoms. The number of aromatic nitrogens is 1. The monoisotopic (exact) mass is 484 g/mol. The van der Waals surface area contributed by atoms with Crippen LogP contribution in [0.25, 0.3) is 33.6 Å². The molecule has 0 unspecified atom stereocenters. The molecule has 0 aliphatic carbocycles. The number of hydrogen-bond donors (Lipinski definition) is 1. The van der Waals surface area contributed by atoms with Crippen molar-refractivity contribution in [2.45, 2.75) is 31.7 Å². The first kappa shape index (κ1) is 25.0. The van der Waals surface area contributed by atoms with Crippen molar-refractivity contribution in [1.82, 2.24) is 0 Å². The van der Waals surface area contributed by atoms with Gasteiger partial charge >= 0.3 is 15.7 Å². The van der Waals surface area contributed by atoms with E-state index in [1.807, 2.05) is 32.0 Å². The molecule has 0 atom stereocenters. The maximum Gasteiger partial charge on any atom is 0.343 e. The zero-order chi connectivity index (χ0) is 24.7. The predicted octanol–water partition coefficient (Wildman–Crippen LogP) is 4.04. The Hall–Kier alpha value is -3.66. The van der Waals surface area contributed by atoms with Crippen molar-refractivity contribution < 1.29 is 22.0 Å². The fourth-order valence-corrected chi connectivity index (χ4v) is 4.29. The van der Waals surface area contributed by atoms with Crippen molar-refractivity contribution in [1.29, 1.82) is 0 Å². The molecule has 1 aromatic carbocycles. The summed E-state index contributed by atoms with van der Waals surface area (Å²) in [4.78, 5) is 17.1. The Labute approximate surface area is 197 Å². The minimum Gasteiger partial charge on any atom is -0.422 e. The second-order valence-electron chi connectivity index (χ2n) is 7.50.